The molecule has 1 aliphatic rings. The first kappa shape index (κ1) is 21.4. The predicted octanol–water partition coefficient (Wildman–Crippen LogP) is 0.852. The molecule has 1 unspecified atom stereocenters. The number of carbonyl (C=O) groups is 4. The van der Waals surface area contributed by atoms with Gasteiger partial charge in [-0.25, -0.2) is 0 Å². The van der Waals surface area contributed by atoms with Gasteiger partial charge in [-0.2, -0.15) is 0 Å². The molecule has 0 aliphatic carbocycles. The molecule has 1 N–H and O–H groups in total. The second-order valence-electron chi connectivity index (χ2n) is 7.09. The summed E-state index contributed by atoms with van der Waals surface area (Å²) < 4.78 is 5.69. The molecule has 0 spiro atoms. The van der Waals surface area contributed by atoms with Gasteiger partial charge in [0.05, 0.1) is 0 Å². The first-order chi connectivity index (χ1) is 13.2. The number of rotatable bonds is 5. The molecule has 0 radical (unpaired) electrons. The van der Waals surface area contributed by atoms with Crippen molar-refractivity contribution < 1.29 is 23.9 Å². The van der Waals surface area contributed by atoms with E-state index in [2.05, 4.69) is 5.32 Å². The molecule has 1 atom stereocenters. The van der Waals surface area contributed by atoms with Crippen molar-refractivity contribution >= 4 is 23.5 Å². The average molecular weight is 389 g/mol. The third-order valence-corrected chi connectivity index (χ3v) is 4.39. The minimum absolute atomic E-state index is 0.0771. The second-order valence-corrected chi connectivity index (χ2v) is 7.09. The fourth-order valence-electron chi connectivity index (χ4n) is 2.90. The lowest BCUT2D eigenvalue weighted by atomic mass is 10.1. The molecule has 152 valence electrons. The Kier molecular flexibility index (Phi) is 7.14. The molecule has 28 heavy (non-hydrogen) atoms. The van der Waals surface area contributed by atoms with Crippen LogP contribution in [-0.2, 0) is 14.4 Å². The molecule has 0 bridgehead atoms. The predicted molar refractivity (Wildman–Crippen MR) is 103 cm³/mol. The highest BCUT2D eigenvalue weighted by molar-refractivity contribution is 6.35. The highest BCUT2D eigenvalue weighted by Crippen LogP contribution is 2.16. The van der Waals surface area contributed by atoms with E-state index in [-0.39, 0.29) is 17.7 Å². The summed E-state index contributed by atoms with van der Waals surface area (Å²) in [6, 6.07) is 6.58. The number of amides is 3. The summed E-state index contributed by atoms with van der Waals surface area (Å²) in [6.07, 6.45) is -0.728. The van der Waals surface area contributed by atoms with Crippen molar-refractivity contribution in [2.24, 2.45) is 0 Å². The van der Waals surface area contributed by atoms with Crippen LogP contribution in [0.4, 0.5) is 0 Å². The highest BCUT2D eigenvalue weighted by Gasteiger charge is 2.30. The fourth-order valence-corrected chi connectivity index (χ4v) is 2.90. The molecule has 1 aromatic rings. The summed E-state index contributed by atoms with van der Waals surface area (Å²) >= 11 is 0. The lowest BCUT2D eigenvalue weighted by Gasteiger charge is -2.35. The van der Waals surface area contributed by atoms with Gasteiger partial charge in [0.1, 0.15) is 5.75 Å². The van der Waals surface area contributed by atoms with Crippen LogP contribution in [0.5, 0.6) is 5.75 Å². The Bertz CT molecular complexity index is 754. The van der Waals surface area contributed by atoms with Crippen LogP contribution in [0, 0.1) is 0 Å². The van der Waals surface area contributed by atoms with Crippen LogP contribution in [0.2, 0.25) is 0 Å². The Morgan fingerprint density at radius 1 is 1.00 bits per heavy atom. The van der Waals surface area contributed by atoms with E-state index in [0.29, 0.717) is 37.5 Å². The number of nitrogens with one attached hydrogen (secondary N) is 1. The monoisotopic (exact) mass is 389 g/mol. The fraction of sp³-hybridized carbons (Fsp3) is 0.500. The van der Waals surface area contributed by atoms with Crippen LogP contribution in [0.15, 0.2) is 24.3 Å². The molecule has 0 aromatic heterocycles. The number of nitrogens with zero attached hydrogens (tertiary/aromatic N) is 2. The number of benzene rings is 1. The largest absolute Gasteiger partial charge is 0.481 e. The van der Waals surface area contributed by atoms with E-state index >= 15 is 0 Å². The van der Waals surface area contributed by atoms with Crippen molar-refractivity contribution in [3.8, 4) is 5.75 Å². The van der Waals surface area contributed by atoms with E-state index in [9.17, 15) is 19.2 Å². The van der Waals surface area contributed by atoms with Crippen molar-refractivity contribution in [1.29, 1.82) is 0 Å². The van der Waals surface area contributed by atoms with E-state index < -0.39 is 17.9 Å². The maximum atomic E-state index is 12.6. The van der Waals surface area contributed by atoms with E-state index in [4.69, 9.17) is 4.74 Å². The van der Waals surface area contributed by atoms with E-state index in [0.717, 1.165) is 0 Å². The standard InChI is InChI=1S/C20H27N3O5/c1-13(2)21-18(25)20(27)23-10-8-22(9-11-23)19(26)15(4)28-17-7-5-6-16(12-17)14(3)24/h5-7,12-13,15H,8-11H2,1-4H3,(H,21,25). The van der Waals surface area contributed by atoms with E-state index in [1.165, 1.54) is 11.8 Å². The van der Waals surface area contributed by atoms with E-state index in [1.54, 1.807) is 49.9 Å². The van der Waals surface area contributed by atoms with Crippen molar-refractivity contribution in [3.05, 3.63) is 29.8 Å². The number of hydrogen-bond donors (Lipinski definition) is 1. The molecule has 1 fully saturated rings. The summed E-state index contributed by atoms with van der Waals surface area (Å²) in [5.74, 6) is -1.03. The Hall–Kier alpha value is -2.90. The van der Waals surface area contributed by atoms with Gasteiger partial charge >= 0.3 is 11.8 Å². The molecule has 1 heterocycles. The lowest BCUT2D eigenvalue weighted by molar-refractivity contribution is -0.149. The summed E-state index contributed by atoms with van der Waals surface area (Å²) in [6.45, 7) is 7.95. The molecule has 8 nitrogen and oxygen atoms in total. The Labute approximate surface area is 164 Å². The van der Waals surface area contributed by atoms with Crippen molar-refractivity contribution in [3.63, 3.8) is 0 Å². The topological polar surface area (TPSA) is 96.0 Å². The quantitative estimate of drug-likeness (QED) is 0.595. The number of piperazine rings is 1. The van der Waals surface area contributed by atoms with Crippen LogP contribution >= 0.6 is 0 Å². The van der Waals surface area contributed by atoms with Crippen LogP contribution in [0.25, 0.3) is 0 Å². The molecule has 0 saturated carbocycles. The first-order valence-corrected chi connectivity index (χ1v) is 9.35. The molecule has 2 rings (SSSR count). The number of ether oxygens (including phenoxy) is 1. The highest BCUT2D eigenvalue weighted by atomic mass is 16.5. The summed E-state index contributed by atoms with van der Waals surface area (Å²) in [5.41, 5.74) is 0.518. The molecular formula is C20H27N3O5. The third-order valence-electron chi connectivity index (χ3n) is 4.39. The van der Waals surface area contributed by atoms with Crippen LogP contribution < -0.4 is 10.1 Å². The van der Waals surface area contributed by atoms with Gasteiger partial charge in [-0.1, -0.05) is 12.1 Å². The molecule has 3 amide bonds. The summed E-state index contributed by atoms with van der Waals surface area (Å²) in [4.78, 5) is 51.1. The van der Waals surface area contributed by atoms with Crippen molar-refractivity contribution in [1.82, 2.24) is 15.1 Å². The maximum absolute atomic E-state index is 12.6. The van der Waals surface area contributed by atoms with Crippen LogP contribution in [-0.4, -0.2) is 71.6 Å². The van der Waals surface area contributed by atoms with Crippen molar-refractivity contribution in [2.75, 3.05) is 26.2 Å². The smallest absolute Gasteiger partial charge is 0.312 e. The first-order valence-electron chi connectivity index (χ1n) is 9.35. The number of carbonyl (C=O) groups excluding carboxylic acids is 4. The van der Waals surface area contributed by atoms with Gasteiger partial charge in [0.15, 0.2) is 11.9 Å². The summed E-state index contributed by atoms with van der Waals surface area (Å²) in [7, 11) is 0. The minimum atomic E-state index is -0.728. The Morgan fingerprint density at radius 2 is 1.61 bits per heavy atom. The number of ketones is 1. The van der Waals surface area contributed by atoms with Crippen LogP contribution in [0.3, 0.4) is 0 Å². The maximum Gasteiger partial charge on any atom is 0.312 e. The molecule has 1 aliphatic heterocycles. The second kappa shape index (κ2) is 9.34. The van der Waals surface area contributed by atoms with Gasteiger partial charge in [0.25, 0.3) is 5.91 Å². The van der Waals surface area contributed by atoms with Crippen molar-refractivity contribution in [2.45, 2.75) is 39.8 Å². The SMILES string of the molecule is CC(=O)c1cccc(OC(C)C(=O)N2CCN(C(=O)C(=O)NC(C)C)CC2)c1. The van der Waals surface area contributed by atoms with Gasteiger partial charge in [-0.15, -0.1) is 0 Å². The number of Topliss-reactive ketones (excluding diaryl/α,β-unsaturated/α-hetero) is 1. The summed E-state index contributed by atoms with van der Waals surface area (Å²) in [5, 5.41) is 2.58. The van der Waals surface area contributed by atoms with Gasteiger partial charge in [-0.3, -0.25) is 19.2 Å². The number of hydrogen-bond acceptors (Lipinski definition) is 5. The zero-order valence-electron chi connectivity index (χ0n) is 16.7. The normalized spacial score (nSPS) is 15.2. The average Bonchev–Trinajstić information content (AvgIpc) is 2.66. The lowest BCUT2D eigenvalue weighted by Crippen LogP contribution is -2.56. The van der Waals surface area contributed by atoms with Gasteiger partial charge in [0.2, 0.25) is 0 Å². The molecule has 8 heteroatoms. The van der Waals surface area contributed by atoms with Gasteiger partial charge in [0, 0.05) is 37.8 Å². The Morgan fingerprint density at radius 3 is 2.18 bits per heavy atom. The zero-order chi connectivity index (χ0) is 20.8. The minimum Gasteiger partial charge on any atom is -0.481 e. The molecule has 1 aromatic carbocycles. The van der Waals surface area contributed by atoms with E-state index in [1.807, 2.05) is 0 Å². The third kappa shape index (κ3) is 5.55. The molecule has 1 saturated heterocycles. The molecular weight excluding hydrogens is 362 g/mol. The van der Waals surface area contributed by atoms with Crippen LogP contribution in [0.1, 0.15) is 38.1 Å². The Balaban J connectivity index is 1.89. The van der Waals surface area contributed by atoms with Gasteiger partial charge < -0.3 is 19.9 Å². The van der Waals surface area contributed by atoms with Gasteiger partial charge in [-0.05, 0) is 39.8 Å². The zero-order valence-corrected chi connectivity index (χ0v) is 16.7.